The molecule has 0 rings (SSSR count). The zero-order chi connectivity index (χ0) is 8.31. The Morgan fingerprint density at radius 3 is 1.20 bits per heavy atom. The molecular formula is C7H9O3. The van der Waals surface area contributed by atoms with Crippen LogP contribution in [0.25, 0.3) is 0 Å². The van der Waals surface area contributed by atoms with Gasteiger partial charge >= 0.3 is 0 Å². The van der Waals surface area contributed by atoms with E-state index < -0.39 is 18.0 Å². The fraction of sp³-hybridized carbons (Fsp3) is 0.429. The Bertz CT molecular complexity index is 110. The predicted octanol–water partition coefficient (Wildman–Crippen LogP) is 1.11. The number of hydrogen-bond acceptors (Lipinski definition) is 1. The Kier molecular flexibility index (Phi) is 3.53. The predicted molar refractivity (Wildman–Crippen MR) is 33.1 cm³/mol. The largest absolute Gasteiger partial charge is 0.299 e. The van der Waals surface area contributed by atoms with Crippen LogP contribution >= 0.6 is 0 Å². The van der Waals surface area contributed by atoms with Gasteiger partial charge in [-0.15, -0.1) is 0 Å². The van der Waals surface area contributed by atoms with Gasteiger partial charge in [0.25, 0.3) is 0 Å². The van der Waals surface area contributed by atoms with Crippen molar-refractivity contribution in [1.82, 2.24) is 0 Å². The van der Waals surface area contributed by atoms with E-state index in [9.17, 15) is 15.0 Å². The number of rotatable bonds is 3. The molecule has 0 bridgehead atoms. The highest BCUT2D eigenvalue weighted by atomic mass is 16.3. The maximum atomic E-state index is 10.5. The van der Waals surface area contributed by atoms with Crippen molar-refractivity contribution in [3.8, 4) is 0 Å². The summed E-state index contributed by atoms with van der Waals surface area (Å²) in [5, 5.41) is 21.1. The summed E-state index contributed by atoms with van der Waals surface area (Å²) >= 11 is 0. The van der Waals surface area contributed by atoms with Gasteiger partial charge in [-0.2, -0.15) is 0 Å². The van der Waals surface area contributed by atoms with E-state index in [0.29, 0.717) is 0 Å². The van der Waals surface area contributed by atoms with Crippen LogP contribution in [0.4, 0.5) is 0 Å². The molecule has 0 saturated heterocycles. The molecule has 0 aliphatic rings. The molecule has 3 heteroatoms. The summed E-state index contributed by atoms with van der Waals surface area (Å²) in [6, 6.07) is 0. The maximum absolute atomic E-state index is 10.5. The molecule has 0 amide bonds. The SMILES string of the molecule is C[C]([O])[C]([C](C)[O])C(C)=O. The minimum atomic E-state index is -0.458. The smallest absolute Gasteiger partial charge is 0.150 e. The average molecular weight is 141 g/mol. The van der Waals surface area contributed by atoms with Gasteiger partial charge in [-0.1, -0.05) is 0 Å². The lowest BCUT2D eigenvalue weighted by Gasteiger charge is -2.12. The third-order valence-electron chi connectivity index (χ3n) is 1.06. The molecule has 0 aromatic carbocycles. The van der Waals surface area contributed by atoms with Crippen LogP contribution in [-0.4, -0.2) is 5.78 Å². The normalized spacial score (nSPS) is 11.6. The fourth-order valence-electron chi connectivity index (χ4n) is 0.744. The lowest BCUT2D eigenvalue weighted by molar-refractivity contribution is -0.116. The second-order valence-corrected chi connectivity index (χ2v) is 2.04. The van der Waals surface area contributed by atoms with Crippen LogP contribution in [0.5, 0.6) is 0 Å². The molecule has 0 unspecified atom stereocenters. The van der Waals surface area contributed by atoms with Gasteiger partial charge in [-0.3, -0.25) is 4.79 Å². The van der Waals surface area contributed by atoms with E-state index in [1.165, 1.54) is 20.8 Å². The van der Waals surface area contributed by atoms with Crippen molar-refractivity contribution in [3.05, 3.63) is 18.1 Å². The second kappa shape index (κ2) is 3.68. The number of carbonyl (C=O) groups excluding carboxylic acids is 1. The summed E-state index contributed by atoms with van der Waals surface area (Å²) in [6.45, 7) is 3.62. The quantitative estimate of drug-likeness (QED) is 0.580. The molecule has 0 aliphatic heterocycles. The monoisotopic (exact) mass is 141 g/mol. The van der Waals surface area contributed by atoms with Crippen LogP contribution in [0.2, 0.25) is 0 Å². The third-order valence-corrected chi connectivity index (χ3v) is 1.06. The number of hydrogen-bond donors (Lipinski definition) is 0. The Morgan fingerprint density at radius 2 is 1.20 bits per heavy atom. The molecule has 0 fully saturated rings. The van der Waals surface area contributed by atoms with E-state index in [0.717, 1.165) is 0 Å². The summed E-state index contributed by atoms with van der Waals surface area (Å²) in [7, 11) is 0. The molecule has 5 radical (unpaired) electrons. The summed E-state index contributed by atoms with van der Waals surface area (Å²) in [4.78, 5) is 10.5. The molecular weight excluding hydrogens is 132 g/mol. The zero-order valence-electron chi connectivity index (χ0n) is 6.22. The van der Waals surface area contributed by atoms with Crippen molar-refractivity contribution in [1.29, 1.82) is 0 Å². The standard InChI is InChI=1S/C7H9O3/c1-4(8)7(5(2)9)6(3)10/h1-3H3. The number of ketones is 1. The van der Waals surface area contributed by atoms with E-state index in [2.05, 4.69) is 0 Å². The van der Waals surface area contributed by atoms with E-state index >= 15 is 0 Å². The van der Waals surface area contributed by atoms with E-state index in [1.54, 1.807) is 0 Å². The first kappa shape index (κ1) is 9.59. The minimum Gasteiger partial charge on any atom is -0.299 e. The first-order valence-electron chi connectivity index (χ1n) is 2.86. The molecule has 55 valence electrons. The molecule has 0 aromatic rings. The van der Waals surface area contributed by atoms with Gasteiger partial charge in [0.2, 0.25) is 0 Å². The van der Waals surface area contributed by atoms with Crippen LogP contribution in [0, 0.1) is 18.1 Å². The van der Waals surface area contributed by atoms with E-state index in [1.807, 2.05) is 0 Å². The van der Waals surface area contributed by atoms with Crippen LogP contribution < -0.4 is 0 Å². The van der Waals surface area contributed by atoms with Gasteiger partial charge in [-0.05, 0) is 20.8 Å². The Morgan fingerprint density at radius 1 is 0.900 bits per heavy atom. The lowest BCUT2D eigenvalue weighted by Crippen LogP contribution is -2.19. The third kappa shape index (κ3) is 2.45. The number of carbonyl (C=O) groups is 1. The van der Waals surface area contributed by atoms with Gasteiger partial charge in [0.1, 0.15) is 11.7 Å². The van der Waals surface area contributed by atoms with E-state index in [-0.39, 0.29) is 5.92 Å². The molecule has 0 atom stereocenters. The number of Topliss-reactive ketones (excluding diaryl/α,β-unsaturated/α-hetero) is 1. The molecule has 0 aliphatic carbocycles. The highest BCUT2D eigenvalue weighted by Crippen LogP contribution is 2.24. The maximum Gasteiger partial charge on any atom is 0.150 e. The summed E-state index contributed by atoms with van der Waals surface area (Å²) < 4.78 is 0. The highest BCUT2D eigenvalue weighted by molar-refractivity contribution is 5.94. The summed E-state index contributed by atoms with van der Waals surface area (Å²) in [5.41, 5.74) is 0. The van der Waals surface area contributed by atoms with Crippen LogP contribution in [-0.2, 0) is 15.0 Å². The van der Waals surface area contributed by atoms with Crippen LogP contribution in [0.1, 0.15) is 20.8 Å². The van der Waals surface area contributed by atoms with E-state index in [4.69, 9.17) is 0 Å². The first-order valence-corrected chi connectivity index (χ1v) is 2.86. The van der Waals surface area contributed by atoms with Gasteiger partial charge in [0.15, 0.2) is 12.2 Å². The van der Waals surface area contributed by atoms with Gasteiger partial charge < -0.3 is 0 Å². The molecule has 0 aromatic heterocycles. The van der Waals surface area contributed by atoms with Gasteiger partial charge in [-0.25, -0.2) is 10.2 Å². The Labute approximate surface area is 60.7 Å². The summed E-state index contributed by atoms with van der Waals surface area (Å²) in [5.74, 6) is -0.681. The minimum absolute atomic E-state index is 0.222. The first-order chi connectivity index (χ1) is 4.46. The van der Waals surface area contributed by atoms with Gasteiger partial charge in [0.05, 0.1) is 0 Å². The zero-order valence-corrected chi connectivity index (χ0v) is 6.22. The Hall–Kier alpha value is -0.410. The lowest BCUT2D eigenvalue weighted by atomic mass is 9.94. The van der Waals surface area contributed by atoms with Crippen LogP contribution in [0.15, 0.2) is 0 Å². The Balaban J connectivity index is 4.12. The molecule has 10 heavy (non-hydrogen) atoms. The summed E-state index contributed by atoms with van der Waals surface area (Å²) in [6.07, 6.45) is -0.917. The highest BCUT2D eigenvalue weighted by Gasteiger charge is 2.30. The molecule has 0 spiro atoms. The van der Waals surface area contributed by atoms with Crippen molar-refractivity contribution in [3.63, 3.8) is 0 Å². The fourth-order valence-corrected chi connectivity index (χ4v) is 0.744. The molecule has 0 heterocycles. The molecule has 0 N–H and O–H groups in total. The van der Waals surface area contributed by atoms with Crippen molar-refractivity contribution < 1.29 is 15.0 Å². The van der Waals surface area contributed by atoms with Crippen molar-refractivity contribution in [2.45, 2.75) is 20.8 Å². The van der Waals surface area contributed by atoms with Crippen LogP contribution in [0.3, 0.4) is 0 Å². The van der Waals surface area contributed by atoms with Crippen molar-refractivity contribution >= 4 is 5.78 Å². The topological polar surface area (TPSA) is 56.9 Å². The second-order valence-electron chi connectivity index (χ2n) is 2.04. The van der Waals surface area contributed by atoms with Crippen molar-refractivity contribution in [2.24, 2.45) is 0 Å². The molecule has 0 saturated carbocycles. The van der Waals surface area contributed by atoms with Gasteiger partial charge in [0, 0.05) is 0 Å². The molecule has 3 nitrogen and oxygen atoms in total. The van der Waals surface area contributed by atoms with Crippen molar-refractivity contribution in [2.75, 3.05) is 0 Å². The average Bonchev–Trinajstić information content (AvgIpc) is 1.59.